The van der Waals surface area contributed by atoms with Crippen LogP contribution in [-0.4, -0.2) is 243 Å². The van der Waals surface area contributed by atoms with E-state index in [1.807, 2.05) is 0 Å². The van der Waals surface area contributed by atoms with Crippen molar-refractivity contribution in [2.75, 3.05) is 21.3 Å². The molecule has 32 heteroatoms. The molecule has 0 aromatic rings. The molecule has 19 N–H and O–H groups in total. The number of ketones is 1. The van der Waals surface area contributed by atoms with Crippen LogP contribution in [-0.2, 0) is 62.1 Å². The van der Waals surface area contributed by atoms with Crippen LogP contribution in [0.1, 0.15) is 0 Å². The number of cyclic esters (lactones) is 1. The molecule has 15 atom stereocenters. The van der Waals surface area contributed by atoms with Gasteiger partial charge in [-0.2, -0.15) is 0 Å². The first-order valence-corrected chi connectivity index (χ1v) is 15.0. The first-order valence-electron chi connectivity index (χ1n) is 15.0. The fourth-order valence-electron chi connectivity index (χ4n) is 3.30. The largest absolute Gasteiger partial charge is 1.00 e. The number of carboxylic acids is 2. The Balaban J connectivity index is -0.000000340. The fourth-order valence-corrected chi connectivity index (χ4v) is 3.30. The van der Waals surface area contributed by atoms with Gasteiger partial charge in [-0.25, -0.2) is 24.0 Å². The van der Waals surface area contributed by atoms with Gasteiger partial charge in [0.1, 0.15) is 42.7 Å². The van der Waals surface area contributed by atoms with Gasteiger partial charge in [0.15, 0.2) is 48.8 Å². The Kier molecular flexibility index (Phi) is 31.3. The molecule has 1 heterocycles. The number of hydrogen-bond acceptors (Lipinski definition) is 28. The Morgan fingerprint density at radius 3 is 1.14 bits per heavy atom. The normalized spacial score (nSPS) is 21.5. The Morgan fingerprint density at radius 1 is 0.576 bits per heavy atom. The van der Waals surface area contributed by atoms with Gasteiger partial charge in [0.25, 0.3) is 5.78 Å². The summed E-state index contributed by atoms with van der Waals surface area (Å²) < 4.78 is 16.7. The number of nitrogens with two attached hydrogens (primary N) is 2. The van der Waals surface area contributed by atoms with Crippen molar-refractivity contribution < 1.29 is 195 Å². The van der Waals surface area contributed by atoms with Gasteiger partial charge >= 0.3 is 81.2 Å². The number of rotatable bonds is 17. The number of ether oxygens (including phenoxy) is 4. The maximum atomic E-state index is 10.8. The van der Waals surface area contributed by atoms with E-state index < -0.39 is 145 Å². The molecule has 31 nitrogen and oxygen atoms in total. The quantitative estimate of drug-likeness (QED) is 0.0279. The van der Waals surface area contributed by atoms with E-state index in [0.29, 0.717) is 0 Å². The predicted molar refractivity (Wildman–Crippen MR) is 166 cm³/mol. The van der Waals surface area contributed by atoms with Crippen molar-refractivity contribution >= 4 is 53.4 Å². The summed E-state index contributed by atoms with van der Waals surface area (Å²) in [5.41, 5.74) is 9.19. The molecule has 1 aliphatic heterocycles. The number of amides is 2. The molecule has 0 saturated carbocycles. The molecular weight excluding hydrogens is 855 g/mol. The van der Waals surface area contributed by atoms with Gasteiger partial charge in [0, 0.05) is 0 Å². The molecular formula is C27H43KN2O29. The summed E-state index contributed by atoms with van der Waals surface area (Å²) in [6.07, 6.45) is -30.7. The van der Waals surface area contributed by atoms with Gasteiger partial charge < -0.3 is 117 Å². The number of esters is 4. The van der Waals surface area contributed by atoms with Crippen molar-refractivity contribution in [3.05, 3.63) is 0 Å². The topological polar surface area (TPSA) is 569 Å². The van der Waals surface area contributed by atoms with E-state index in [2.05, 4.69) is 30.4 Å². The third-order valence-corrected chi connectivity index (χ3v) is 6.74. The van der Waals surface area contributed by atoms with Crippen LogP contribution in [0.5, 0.6) is 0 Å². The third kappa shape index (κ3) is 20.1. The molecule has 59 heavy (non-hydrogen) atoms. The van der Waals surface area contributed by atoms with Crippen LogP contribution >= 0.6 is 0 Å². The second kappa shape index (κ2) is 29.7. The van der Waals surface area contributed by atoms with Crippen molar-refractivity contribution in [1.29, 1.82) is 0 Å². The summed E-state index contributed by atoms with van der Waals surface area (Å²) in [7, 11) is 2.95. The average Bonchev–Trinajstić information content (AvgIpc) is 3.45. The van der Waals surface area contributed by atoms with Gasteiger partial charge in [0.2, 0.25) is 11.8 Å². The van der Waals surface area contributed by atoms with Crippen molar-refractivity contribution in [3.63, 3.8) is 0 Å². The predicted octanol–water partition coefficient (Wildman–Crippen LogP) is -18.2. The molecule has 1 rings (SSSR count). The molecule has 0 aliphatic carbocycles. The SMILES string of the molecule is COC(=O)C(O)C1OC(=O)C(O)C1O.COC(=O)[C@@H](O)[C@@H](O)[C@H](O)[C@@H](O)C(=O)OC.NC(=O)[C@@H](O)[C@@H](O)[C@H](O)[C@@H](O)C(N)=O.O=C(O)C(=O)[C@@H](O)[C@H](O)[C@@H](O)C(=O)[O-].[K+]. The summed E-state index contributed by atoms with van der Waals surface area (Å²) in [6.45, 7) is 0. The monoisotopic (exact) mass is 898 g/mol. The Labute approximate surface area is 370 Å². The van der Waals surface area contributed by atoms with E-state index in [0.717, 1.165) is 21.3 Å². The van der Waals surface area contributed by atoms with E-state index in [1.54, 1.807) is 0 Å². The standard InChI is InChI=1S/C8H14O8.C7H10O7.C6H12N2O6.C6H8O8.K/c1-15-7(13)5(11)3(9)4(10)6(12)8(14)16-2;1-13-6(11)4(10)5-2(8)3(9)7(12)14-5;7-5(13)3(11)1(9)2(10)4(12)6(8)14;7-1(3(9)5(11)12)2(8)4(10)6(13)14;/h3-6,9-12H,1-2H3;2-5,8-10H,1H3;1-4,9-12H,(H2,7,13)(H2,8,14);1-3,7-9H,(H,11,12)(H,13,14);/q;;;;+1/p-1/t3-,4-,5-,6+;;1-,2-,3-,4+;1-,2-,3+;/m0.00./s1. The molecule has 0 spiro atoms. The molecule has 0 aromatic heterocycles. The van der Waals surface area contributed by atoms with Crippen LogP contribution in [0.15, 0.2) is 0 Å². The van der Waals surface area contributed by atoms with Gasteiger partial charge in [-0.1, -0.05) is 0 Å². The van der Waals surface area contributed by atoms with Gasteiger partial charge in [-0.05, 0) is 0 Å². The summed E-state index contributed by atoms with van der Waals surface area (Å²) in [5, 5.41) is 144. The van der Waals surface area contributed by atoms with Gasteiger partial charge in [-0.3, -0.25) is 14.4 Å². The van der Waals surface area contributed by atoms with Crippen LogP contribution in [0.25, 0.3) is 0 Å². The number of aliphatic carboxylic acids is 2. The van der Waals surface area contributed by atoms with Crippen LogP contribution < -0.4 is 68.0 Å². The summed E-state index contributed by atoms with van der Waals surface area (Å²) in [4.78, 5) is 94.2. The van der Waals surface area contributed by atoms with Crippen molar-refractivity contribution in [3.8, 4) is 0 Å². The number of primary amides is 2. The first kappa shape index (κ1) is 62.2. The zero-order valence-corrected chi connectivity index (χ0v) is 33.9. The molecule has 4 unspecified atom stereocenters. The number of aliphatic hydroxyl groups excluding tert-OH is 14. The minimum atomic E-state index is -2.53. The number of hydrogen-bond donors (Lipinski definition) is 17. The maximum Gasteiger partial charge on any atom is 1.00 e. The molecule has 2 amide bonds. The Bertz CT molecular complexity index is 1370. The molecule has 1 saturated heterocycles. The van der Waals surface area contributed by atoms with Crippen molar-refractivity contribution in [1.82, 2.24) is 0 Å². The fraction of sp³-hybridized carbons (Fsp3) is 0.667. The van der Waals surface area contributed by atoms with Crippen LogP contribution in [0.3, 0.4) is 0 Å². The zero-order chi connectivity index (χ0) is 46.7. The molecule has 336 valence electrons. The first-order chi connectivity index (χ1) is 26.4. The molecule has 0 radical (unpaired) electrons. The van der Waals surface area contributed by atoms with E-state index in [1.165, 1.54) is 0 Å². The maximum absolute atomic E-state index is 10.8. The van der Waals surface area contributed by atoms with E-state index in [-0.39, 0.29) is 51.4 Å². The smallest absolute Gasteiger partial charge is 0.547 e. The molecule has 1 aliphatic rings. The van der Waals surface area contributed by atoms with Crippen LogP contribution in [0, 0.1) is 0 Å². The van der Waals surface area contributed by atoms with Crippen molar-refractivity contribution in [2.45, 2.75) is 91.6 Å². The number of carboxylic acid groups (broad SMARTS) is 2. The minimum absolute atomic E-state index is 0. The van der Waals surface area contributed by atoms with Gasteiger partial charge in [0.05, 0.1) is 27.3 Å². The van der Waals surface area contributed by atoms with Gasteiger partial charge in [-0.15, -0.1) is 0 Å². The number of Topliss-reactive ketones (excluding diaryl/α,β-unsaturated/α-hetero) is 1. The van der Waals surface area contributed by atoms with E-state index in [9.17, 15) is 68.7 Å². The third-order valence-electron chi connectivity index (χ3n) is 6.74. The van der Waals surface area contributed by atoms with Crippen LogP contribution in [0.2, 0.25) is 0 Å². The number of methoxy groups -OCH3 is 3. The average molecular weight is 899 g/mol. The summed E-state index contributed by atoms with van der Waals surface area (Å²) in [6, 6.07) is 0. The number of aliphatic hydroxyl groups is 14. The van der Waals surface area contributed by atoms with Crippen molar-refractivity contribution in [2.24, 2.45) is 11.5 Å². The van der Waals surface area contributed by atoms with E-state index in [4.69, 9.17) is 56.2 Å². The Hall–Kier alpha value is -3.49. The molecule has 1 fully saturated rings. The molecule has 0 aromatic carbocycles. The van der Waals surface area contributed by atoms with E-state index >= 15 is 0 Å². The zero-order valence-electron chi connectivity index (χ0n) is 30.7. The van der Waals surface area contributed by atoms with Crippen LogP contribution in [0.4, 0.5) is 0 Å². The summed E-state index contributed by atoms with van der Waals surface area (Å²) in [5.74, 6) is -13.1. The molecule has 0 bridgehead atoms. The number of carbonyl (C=O) groups excluding carboxylic acids is 8. The second-order valence-corrected chi connectivity index (χ2v) is 10.8. The number of carbonyl (C=O) groups is 9. The minimum Gasteiger partial charge on any atom is -0.547 e. The summed E-state index contributed by atoms with van der Waals surface area (Å²) >= 11 is 0. The second-order valence-electron chi connectivity index (χ2n) is 10.8. The Morgan fingerprint density at radius 2 is 0.898 bits per heavy atom.